The van der Waals surface area contributed by atoms with E-state index in [-0.39, 0.29) is 11.9 Å². The van der Waals surface area contributed by atoms with Crippen LogP contribution in [-0.2, 0) is 4.79 Å². The van der Waals surface area contributed by atoms with Crippen molar-refractivity contribution in [3.8, 4) is 0 Å². The minimum Gasteiger partial charge on any atom is -0.341 e. The minimum atomic E-state index is -0.384. The molecule has 1 unspecified atom stereocenters. The molecule has 0 saturated carbocycles. The fraction of sp³-hybridized carbons (Fsp3) is 0.727. The van der Waals surface area contributed by atoms with Crippen molar-refractivity contribution in [3.05, 3.63) is 12.7 Å². The van der Waals surface area contributed by atoms with Gasteiger partial charge >= 0.3 is 0 Å². The molecule has 1 rings (SSSR count). The number of hydrogen-bond donors (Lipinski definition) is 1. The van der Waals surface area contributed by atoms with E-state index < -0.39 is 0 Å². The molecule has 0 aromatic rings. The lowest BCUT2D eigenvalue weighted by Crippen LogP contribution is -2.43. The van der Waals surface area contributed by atoms with Gasteiger partial charge in [-0.25, -0.2) is 0 Å². The van der Waals surface area contributed by atoms with Gasteiger partial charge in [-0.2, -0.15) is 0 Å². The number of likely N-dealkylation sites (tertiary alicyclic amines) is 1. The topological polar surface area (TPSA) is 46.3 Å². The van der Waals surface area contributed by atoms with E-state index in [4.69, 9.17) is 5.73 Å². The van der Waals surface area contributed by atoms with Crippen molar-refractivity contribution in [3.63, 3.8) is 0 Å². The first-order valence-corrected chi connectivity index (χ1v) is 5.41. The number of nitrogens with two attached hydrogens (primary N) is 1. The van der Waals surface area contributed by atoms with Gasteiger partial charge in [0, 0.05) is 13.1 Å². The zero-order valence-corrected chi connectivity index (χ0v) is 8.74. The number of amides is 1. The van der Waals surface area contributed by atoms with Crippen molar-refractivity contribution >= 4 is 5.91 Å². The third-order valence-electron chi connectivity index (χ3n) is 2.66. The molecule has 14 heavy (non-hydrogen) atoms. The Morgan fingerprint density at radius 1 is 1.36 bits per heavy atom. The molecule has 3 nitrogen and oxygen atoms in total. The fourth-order valence-electron chi connectivity index (χ4n) is 1.81. The van der Waals surface area contributed by atoms with E-state index in [9.17, 15) is 4.79 Å². The van der Waals surface area contributed by atoms with Crippen molar-refractivity contribution < 1.29 is 4.79 Å². The average molecular weight is 196 g/mol. The lowest BCUT2D eigenvalue weighted by molar-refractivity contribution is -0.132. The average Bonchev–Trinajstić information content (AvgIpc) is 2.45. The molecule has 1 saturated heterocycles. The maximum absolute atomic E-state index is 11.8. The second-order valence-electron chi connectivity index (χ2n) is 3.87. The van der Waals surface area contributed by atoms with Crippen LogP contribution in [0.4, 0.5) is 0 Å². The van der Waals surface area contributed by atoms with E-state index >= 15 is 0 Å². The standard InChI is InChI=1S/C11H20N2O/c1-2-7-10(12)11(14)13-8-5-3-4-6-9-13/h2,10H,1,3-9,12H2. The number of carbonyl (C=O) groups is 1. The molecule has 3 heteroatoms. The predicted molar refractivity (Wildman–Crippen MR) is 57.8 cm³/mol. The molecule has 80 valence electrons. The Labute approximate surface area is 86.0 Å². The molecular weight excluding hydrogens is 176 g/mol. The van der Waals surface area contributed by atoms with Gasteiger partial charge in [0.05, 0.1) is 6.04 Å². The summed E-state index contributed by atoms with van der Waals surface area (Å²) < 4.78 is 0. The molecule has 1 aliphatic rings. The van der Waals surface area contributed by atoms with Gasteiger partial charge < -0.3 is 10.6 Å². The number of rotatable bonds is 3. The van der Waals surface area contributed by atoms with Crippen LogP contribution in [-0.4, -0.2) is 29.9 Å². The molecule has 0 bridgehead atoms. The van der Waals surface area contributed by atoms with Crippen molar-refractivity contribution in [2.45, 2.75) is 38.1 Å². The van der Waals surface area contributed by atoms with Gasteiger partial charge in [-0.05, 0) is 19.3 Å². The van der Waals surface area contributed by atoms with Crippen molar-refractivity contribution in [2.24, 2.45) is 5.73 Å². The van der Waals surface area contributed by atoms with Crippen LogP contribution in [0.25, 0.3) is 0 Å². The highest BCUT2D eigenvalue weighted by molar-refractivity contribution is 5.81. The van der Waals surface area contributed by atoms with Gasteiger partial charge in [-0.15, -0.1) is 6.58 Å². The summed E-state index contributed by atoms with van der Waals surface area (Å²) >= 11 is 0. The molecule has 0 aromatic heterocycles. The molecule has 1 fully saturated rings. The van der Waals surface area contributed by atoms with Crippen molar-refractivity contribution in [1.29, 1.82) is 0 Å². The molecule has 1 atom stereocenters. The molecule has 1 heterocycles. The summed E-state index contributed by atoms with van der Waals surface area (Å²) in [6.45, 7) is 5.35. The van der Waals surface area contributed by atoms with Gasteiger partial charge in [0.25, 0.3) is 0 Å². The smallest absolute Gasteiger partial charge is 0.239 e. The van der Waals surface area contributed by atoms with E-state index in [1.165, 1.54) is 12.8 Å². The molecular formula is C11H20N2O. The second-order valence-corrected chi connectivity index (χ2v) is 3.87. The summed E-state index contributed by atoms with van der Waals surface area (Å²) in [4.78, 5) is 13.7. The quantitative estimate of drug-likeness (QED) is 0.691. The Balaban J connectivity index is 2.44. The third kappa shape index (κ3) is 3.14. The maximum atomic E-state index is 11.8. The van der Waals surface area contributed by atoms with Gasteiger partial charge in [-0.1, -0.05) is 18.9 Å². The van der Waals surface area contributed by atoms with E-state index in [2.05, 4.69) is 6.58 Å². The Morgan fingerprint density at radius 2 is 1.93 bits per heavy atom. The summed E-state index contributed by atoms with van der Waals surface area (Å²) in [6, 6.07) is -0.384. The lowest BCUT2D eigenvalue weighted by Gasteiger charge is -2.23. The van der Waals surface area contributed by atoms with E-state index in [0.717, 1.165) is 25.9 Å². The lowest BCUT2D eigenvalue weighted by atomic mass is 10.2. The van der Waals surface area contributed by atoms with Crippen LogP contribution in [0.15, 0.2) is 12.7 Å². The SMILES string of the molecule is C=CCC(N)C(=O)N1CCCCCC1. The van der Waals surface area contributed by atoms with Gasteiger partial charge in [0.15, 0.2) is 0 Å². The zero-order chi connectivity index (χ0) is 10.4. The largest absolute Gasteiger partial charge is 0.341 e. The van der Waals surface area contributed by atoms with E-state index in [1.54, 1.807) is 6.08 Å². The summed E-state index contributed by atoms with van der Waals surface area (Å²) in [5.41, 5.74) is 5.75. The first kappa shape index (κ1) is 11.2. The zero-order valence-electron chi connectivity index (χ0n) is 8.74. The molecule has 0 aromatic carbocycles. The van der Waals surface area contributed by atoms with Crippen molar-refractivity contribution in [1.82, 2.24) is 4.90 Å². The van der Waals surface area contributed by atoms with Gasteiger partial charge in [-0.3, -0.25) is 4.79 Å². The summed E-state index contributed by atoms with van der Waals surface area (Å²) in [6.07, 6.45) is 7.00. The maximum Gasteiger partial charge on any atom is 0.239 e. The van der Waals surface area contributed by atoms with Crippen LogP contribution >= 0.6 is 0 Å². The third-order valence-corrected chi connectivity index (χ3v) is 2.66. The number of nitrogens with zero attached hydrogens (tertiary/aromatic N) is 1. The van der Waals surface area contributed by atoms with Crippen LogP contribution in [0.5, 0.6) is 0 Å². The van der Waals surface area contributed by atoms with Crippen LogP contribution < -0.4 is 5.73 Å². The highest BCUT2D eigenvalue weighted by Crippen LogP contribution is 2.11. The van der Waals surface area contributed by atoms with Crippen LogP contribution in [0.3, 0.4) is 0 Å². The summed E-state index contributed by atoms with van der Waals surface area (Å²) in [7, 11) is 0. The Kier molecular flexibility index (Phi) is 4.66. The van der Waals surface area contributed by atoms with E-state index in [1.807, 2.05) is 4.90 Å². The van der Waals surface area contributed by atoms with Gasteiger partial charge in [0.2, 0.25) is 5.91 Å². The molecule has 0 radical (unpaired) electrons. The Bertz CT molecular complexity index is 195. The number of hydrogen-bond acceptors (Lipinski definition) is 2. The first-order chi connectivity index (χ1) is 6.75. The highest BCUT2D eigenvalue weighted by atomic mass is 16.2. The first-order valence-electron chi connectivity index (χ1n) is 5.41. The van der Waals surface area contributed by atoms with Crippen LogP contribution in [0.1, 0.15) is 32.1 Å². The Morgan fingerprint density at radius 3 is 2.43 bits per heavy atom. The predicted octanol–water partition coefficient (Wildman–Crippen LogP) is 1.29. The van der Waals surface area contributed by atoms with Gasteiger partial charge in [0.1, 0.15) is 0 Å². The summed E-state index contributed by atoms with van der Waals surface area (Å²) in [5.74, 6) is 0.0896. The monoisotopic (exact) mass is 196 g/mol. The molecule has 1 amide bonds. The second kappa shape index (κ2) is 5.81. The summed E-state index contributed by atoms with van der Waals surface area (Å²) in [5, 5.41) is 0. The van der Waals surface area contributed by atoms with E-state index in [0.29, 0.717) is 6.42 Å². The molecule has 0 spiro atoms. The van der Waals surface area contributed by atoms with Crippen LogP contribution in [0, 0.1) is 0 Å². The highest BCUT2D eigenvalue weighted by Gasteiger charge is 2.20. The fourth-order valence-corrected chi connectivity index (χ4v) is 1.81. The number of carbonyl (C=O) groups excluding carboxylic acids is 1. The molecule has 0 aliphatic carbocycles. The van der Waals surface area contributed by atoms with Crippen molar-refractivity contribution in [2.75, 3.05) is 13.1 Å². The molecule has 2 N–H and O–H groups in total. The minimum absolute atomic E-state index is 0.0896. The molecule has 1 aliphatic heterocycles. The Hall–Kier alpha value is -0.830. The van der Waals surface area contributed by atoms with Crippen LogP contribution in [0.2, 0.25) is 0 Å². The normalized spacial score (nSPS) is 19.9.